The van der Waals surface area contributed by atoms with Crippen LogP contribution in [0.2, 0.25) is 0 Å². The molecule has 0 saturated heterocycles. The van der Waals surface area contributed by atoms with Crippen LogP contribution in [0, 0.1) is 5.92 Å². The van der Waals surface area contributed by atoms with Crippen molar-refractivity contribution in [1.82, 2.24) is 0 Å². The van der Waals surface area contributed by atoms with Crippen LogP contribution in [0.1, 0.15) is 26.7 Å². The molecule has 88 valence electrons. The van der Waals surface area contributed by atoms with Gasteiger partial charge in [-0.3, -0.25) is 9.59 Å². The Kier molecular flexibility index (Phi) is 5.51. The minimum Gasteiger partial charge on any atom is -0.480 e. The fourth-order valence-electron chi connectivity index (χ4n) is 1.07. The van der Waals surface area contributed by atoms with E-state index in [-0.39, 0.29) is 6.42 Å². The first-order valence-corrected chi connectivity index (χ1v) is 5.54. The number of hydrogen-bond donors (Lipinski definition) is 4. The SMILES string of the molecule is CC(C)CCC(S)(C(=O)O)C(S)C(=O)O. The van der Waals surface area contributed by atoms with E-state index in [4.69, 9.17) is 10.2 Å². The zero-order chi connectivity index (χ0) is 12.2. The van der Waals surface area contributed by atoms with Crippen LogP contribution in [0.4, 0.5) is 0 Å². The first-order valence-electron chi connectivity index (χ1n) is 4.58. The Morgan fingerprint density at radius 1 is 1.33 bits per heavy atom. The molecule has 6 heteroatoms. The van der Waals surface area contributed by atoms with E-state index in [0.717, 1.165) is 0 Å². The maximum absolute atomic E-state index is 11.0. The lowest BCUT2D eigenvalue weighted by Crippen LogP contribution is -2.46. The summed E-state index contributed by atoms with van der Waals surface area (Å²) in [7, 11) is 0. The summed E-state index contributed by atoms with van der Waals surface area (Å²) in [5.74, 6) is -2.21. The lowest BCUT2D eigenvalue weighted by atomic mass is 9.93. The fourth-order valence-corrected chi connectivity index (χ4v) is 1.55. The van der Waals surface area contributed by atoms with Crippen LogP contribution in [-0.4, -0.2) is 32.1 Å². The van der Waals surface area contributed by atoms with Gasteiger partial charge in [0.1, 0.15) is 10.00 Å². The molecule has 0 fully saturated rings. The minimum absolute atomic E-state index is 0.184. The van der Waals surface area contributed by atoms with E-state index >= 15 is 0 Å². The average Bonchev–Trinajstić information content (AvgIpc) is 2.12. The van der Waals surface area contributed by atoms with E-state index in [1.165, 1.54) is 0 Å². The van der Waals surface area contributed by atoms with Crippen molar-refractivity contribution in [3.05, 3.63) is 0 Å². The Hall–Kier alpha value is -0.360. The van der Waals surface area contributed by atoms with Gasteiger partial charge in [-0.2, -0.15) is 25.3 Å². The Bertz CT molecular complexity index is 254. The number of thiol groups is 2. The van der Waals surface area contributed by atoms with Crippen LogP contribution < -0.4 is 0 Å². The molecule has 0 radical (unpaired) electrons. The minimum atomic E-state index is -1.61. The van der Waals surface area contributed by atoms with Crippen molar-refractivity contribution < 1.29 is 19.8 Å². The molecule has 0 aliphatic heterocycles. The summed E-state index contributed by atoms with van der Waals surface area (Å²) < 4.78 is -1.61. The molecule has 15 heavy (non-hydrogen) atoms. The molecule has 0 rings (SSSR count). The third-order valence-electron chi connectivity index (χ3n) is 2.16. The summed E-state index contributed by atoms with van der Waals surface area (Å²) in [6, 6.07) is 0. The van der Waals surface area contributed by atoms with E-state index in [9.17, 15) is 9.59 Å². The summed E-state index contributed by atoms with van der Waals surface area (Å²) in [5, 5.41) is 16.4. The van der Waals surface area contributed by atoms with Gasteiger partial charge in [0.15, 0.2) is 0 Å². The predicted molar refractivity (Wildman–Crippen MR) is 63.8 cm³/mol. The van der Waals surface area contributed by atoms with Crippen LogP contribution in [0.3, 0.4) is 0 Å². The Balaban J connectivity index is 4.74. The van der Waals surface area contributed by atoms with Crippen molar-refractivity contribution in [1.29, 1.82) is 0 Å². The highest BCUT2D eigenvalue weighted by atomic mass is 32.1. The van der Waals surface area contributed by atoms with Crippen LogP contribution in [0.15, 0.2) is 0 Å². The van der Waals surface area contributed by atoms with Gasteiger partial charge in [-0.05, 0) is 18.8 Å². The lowest BCUT2D eigenvalue weighted by Gasteiger charge is -2.27. The zero-order valence-electron chi connectivity index (χ0n) is 8.67. The molecule has 0 heterocycles. The maximum Gasteiger partial charge on any atom is 0.321 e. The van der Waals surface area contributed by atoms with Crippen molar-refractivity contribution in [2.24, 2.45) is 5.92 Å². The number of aliphatic carboxylic acids is 2. The lowest BCUT2D eigenvalue weighted by molar-refractivity contribution is -0.145. The monoisotopic (exact) mass is 252 g/mol. The second-order valence-electron chi connectivity index (χ2n) is 3.90. The average molecular weight is 252 g/mol. The largest absolute Gasteiger partial charge is 0.480 e. The molecule has 0 aliphatic rings. The predicted octanol–water partition coefficient (Wildman–Crippen LogP) is 1.56. The van der Waals surface area contributed by atoms with E-state index in [1.54, 1.807) is 0 Å². The van der Waals surface area contributed by atoms with Crippen LogP contribution >= 0.6 is 25.3 Å². The van der Waals surface area contributed by atoms with Crippen LogP contribution in [-0.2, 0) is 9.59 Å². The summed E-state index contributed by atoms with van der Waals surface area (Å²) in [4.78, 5) is 21.7. The molecule has 0 saturated carbocycles. The van der Waals surface area contributed by atoms with Crippen LogP contribution in [0.5, 0.6) is 0 Å². The third kappa shape index (κ3) is 3.95. The summed E-state index contributed by atoms with van der Waals surface area (Å²) in [5.41, 5.74) is 0. The first-order chi connectivity index (χ1) is 6.71. The number of hydrogen-bond acceptors (Lipinski definition) is 4. The van der Waals surface area contributed by atoms with E-state index in [2.05, 4.69) is 25.3 Å². The normalized spacial score (nSPS) is 17.1. The highest BCUT2D eigenvalue weighted by Gasteiger charge is 2.44. The van der Waals surface area contributed by atoms with Gasteiger partial charge in [0.25, 0.3) is 0 Å². The molecular formula is C9H16O4S2. The highest BCUT2D eigenvalue weighted by Crippen LogP contribution is 2.31. The van der Waals surface area contributed by atoms with Crippen molar-refractivity contribution in [3.8, 4) is 0 Å². The number of carbonyl (C=O) groups is 2. The van der Waals surface area contributed by atoms with Gasteiger partial charge >= 0.3 is 11.9 Å². The second-order valence-corrected chi connectivity index (χ2v) is 5.22. The molecule has 0 aromatic rings. The molecule has 0 aromatic carbocycles. The topological polar surface area (TPSA) is 74.6 Å². The number of carboxylic acid groups (broad SMARTS) is 2. The molecule has 2 N–H and O–H groups in total. The first kappa shape index (κ1) is 14.6. The van der Waals surface area contributed by atoms with Gasteiger partial charge in [-0.1, -0.05) is 13.8 Å². The van der Waals surface area contributed by atoms with E-state index in [0.29, 0.717) is 12.3 Å². The van der Waals surface area contributed by atoms with Crippen molar-refractivity contribution in [2.45, 2.75) is 36.7 Å². The Labute approximate surface area is 99.9 Å². The standard InChI is InChI=1S/C9H16O4S2/c1-5(2)3-4-9(15,8(12)13)6(14)7(10)11/h5-6,14-15H,3-4H2,1-2H3,(H,10,11)(H,12,13). The van der Waals surface area contributed by atoms with Gasteiger partial charge in [-0.25, -0.2) is 0 Å². The van der Waals surface area contributed by atoms with Crippen molar-refractivity contribution in [3.63, 3.8) is 0 Å². The maximum atomic E-state index is 11.0. The van der Waals surface area contributed by atoms with Gasteiger partial charge in [0.2, 0.25) is 0 Å². The molecule has 2 atom stereocenters. The molecule has 0 bridgehead atoms. The molecule has 0 aromatic heterocycles. The van der Waals surface area contributed by atoms with E-state index in [1.807, 2.05) is 13.8 Å². The van der Waals surface area contributed by atoms with Gasteiger partial charge in [0, 0.05) is 0 Å². The molecule has 2 unspecified atom stereocenters. The molecule has 0 spiro atoms. The van der Waals surface area contributed by atoms with Gasteiger partial charge in [0.05, 0.1) is 0 Å². The summed E-state index contributed by atoms with van der Waals surface area (Å²) in [6.45, 7) is 3.87. The van der Waals surface area contributed by atoms with Crippen molar-refractivity contribution >= 4 is 37.2 Å². The number of rotatable bonds is 6. The van der Waals surface area contributed by atoms with Gasteiger partial charge in [-0.15, -0.1) is 0 Å². The Morgan fingerprint density at radius 3 is 2.07 bits per heavy atom. The molecular weight excluding hydrogens is 236 g/mol. The van der Waals surface area contributed by atoms with E-state index < -0.39 is 21.9 Å². The smallest absolute Gasteiger partial charge is 0.321 e. The van der Waals surface area contributed by atoms with Gasteiger partial charge < -0.3 is 10.2 Å². The molecule has 0 aliphatic carbocycles. The molecule has 0 amide bonds. The quantitative estimate of drug-likeness (QED) is 0.541. The van der Waals surface area contributed by atoms with Crippen molar-refractivity contribution in [2.75, 3.05) is 0 Å². The summed E-state index contributed by atoms with van der Waals surface area (Å²) >= 11 is 7.76. The highest BCUT2D eigenvalue weighted by molar-refractivity contribution is 7.87. The number of carboxylic acids is 2. The fraction of sp³-hybridized carbons (Fsp3) is 0.778. The molecule has 4 nitrogen and oxygen atoms in total. The zero-order valence-corrected chi connectivity index (χ0v) is 10.5. The second kappa shape index (κ2) is 5.65. The third-order valence-corrected chi connectivity index (χ3v) is 3.70. The summed E-state index contributed by atoms with van der Waals surface area (Å²) in [6.07, 6.45) is 0.781. The van der Waals surface area contributed by atoms with Crippen LogP contribution in [0.25, 0.3) is 0 Å². The Morgan fingerprint density at radius 2 is 1.80 bits per heavy atom.